The van der Waals surface area contributed by atoms with E-state index in [1.54, 1.807) is 0 Å². The fraction of sp³-hybridized carbons (Fsp3) is 0.450. The first-order valence-electron chi connectivity index (χ1n) is 9.60. The van der Waals surface area contributed by atoms with Gasteiger partial charge in [0.15, 0.2) is 11.6 Å². The molecule has 28 heavy (non-hydrogen) atoms. The molecule has 0 fully saturated rings. The van der Waals surface area contributed by atoms with Gasteiger partial charge in [0.2, 0.25) is 0 Å². The number of amides is 1. The Hall–Kier alpha value is -3.03. The van der Waals surface area contributed by atoms with Gasteiger partial charge in [-0.2, -0.15) is 4.80 Å². The number of carbonyl (C=O) groups is 2. The molecular formula is C20H25N5O3. The number of alkyl carbamates (subject to hydrolysis) is 1. The monoisotopic (exact) mass is 383 g/mol. The van der Waals surface area contributed by atoms with E-state index in [0.717, 1.165) is 24.8 Å². The van der Waals surface area contributed by atoms with Crippen LogP contribution in [0, 0.1) is 0 Å². The number of allylic oxidation sites excluding steroid dienone is 2. The van der Waals surface area contributed by atoms with Gasteiger partial charge in [0.1, 0.15) is 13.2 Å². The van der Waals surface area contributed by atoms with E-state index in [0.29, 0.717) is 12.2 Å². The Balaban J connectivity index is 1.50. The summed E-state index contributed by atoms with van der Waals surface area (Å²) in [4.78, 5) is 25.8. The number of Topliss-reactive ketones (excluding diaryl/α,β-unsaturated/α-hetero) is 1. The Bertz CT molecular complexity index is 818. The minimum absolute atomic E-state index is 0.0408. The van der Waals surface area contributed by atoms with E-state index in [4.69, 9.17) is 4.74 Å². The lowest BCUT2D eigenvalue weighted by molar-refractivity contribution is -0.122. The van der Waals surface area contributed by atoms with Crippen molar-refractivity contribution in [2.45, 2.75) is 57.7 Å². The van der Waals surface area contributed by atoms with Crippen LogP contribution >= 0.6 is 0 Å². The van der Waals surface area contributed by atoms with Crippen LogP contribution in [0.5, 0.6) is 0 Å². The molecule has 1 aromatic heterocycles. The first kappa shape index (κ1) is 19.7. The third-order valence-electron chi connectivity index (χ3n) is 4.65. The summed E-state index contributed by atoms with van der Waals surface area (Å²) in [5.74, 6) is 0.597. The maximum atomic E-state index is 12.5. The molecule has 1 aliphatic rings. The lowest BCUT2D eigenvalue weighted by Gasteiger charge is -2.15. The van der Waals surface area contributed by atoms with Gasteiger partial charge in [-0.25, -0.2) is 4.79 Å². The standard InChI is InChI=1S/C20H25N5O3/c1-2-17(21-20(27)28-14-15-9-5-3-6-10-15)18(26)13-25-23-19(22-24-25)16-11-7-4-8-12-16/h3,5-7,9-11,16-17H,2,4,8,12-14H2,1H3,(H,21,27). The fourth-order valence-electron chi connectivity index (χ4n) is 3.07. The van der Waals surface area contributed by atoms with Crippen LogP contribution in [-0.4, -0.2) is 38.1 Å². The van der Waals surface area contributed by atoms with Gasteiger partial charge in [-0.15, -0.1) is 10.2 Å². The molecule has 1 heterocycles. The Morgan fingerprint density at radius 3 is 2.86 bits per heavy atom. The predicted molar refractivity (Wildman–Crippen MR) is 102 cm³/mol. The van der Waals surface area contributed by atoms with E-state index >= 15 is 0 Å². The normalized spacial score (nSPS) is 17.1. The molecule has 8 nitrogen and oxygen atoms in total. The van der Waals surface area contributed by atoms with Gasteiger partial charge in [0.05, 0.1) is 6.04 Å². The number of tetrazole rings is 1. The van der Waals surface area contributed by atoms with Crippen molar-refractivity contribution in [1.29, 1.82) is 0 Å². The number of aromatic nitrogens is 4. The Morgan fingerprint density at radius 1 is 1.32 bits per heavy atom. The van der Waals surface area contributed by atoms with Gasteiger partial charge in [-0.3, -0.25) is 4.79 Å². The van der Waals surface area contributed by atoms with Crippen molar-refractivity contribution in [2.75, 3.05) is 0 Å². The highest BCUT2D eigenvalue weighted by molar-refractivity contribution is 5.87. The zero-order valence-corrected chi connectivity index (χ0v) is 16.0. The van der Waals surface area contributed by atoms with Crippen molar-refractivity contribution < 1.29 is 14.3 Å². The van der Waals surface area contributed by atoms with Gasteiger partial charge in [-0.05, 0) is 36.5 Å². The number of hydrogen-bond donors (Lipinski definition) is 1. The van der Waals surface area contributed by atoms with Crippen molar-refractivity contribution in [3.8, 4) is 0 Å². The minimum atomic E-state index is -0.660. The number of hydrogen-bond acceptors (Lipinski definition) is 6. The topological polar surface area (TPSA) is 99.0 Å². The van der Waals surface area contributed by atoms with E-state index in [1.807, 2.05) is 37.3 Å². The summed E-state index contributed by atoms with van der Waals surface area (Å²) in [5.41, 5.74) is 0.883. The van der Waals surface area contributed by atoms with Crippen molar-refractivity contribution in [3.05, 3.63) is 53.9 Å². The molecule has 1 N–H and O–H groups in total. The third-order valence-corrected chi connectivity index (χ3v) is 4.65. The van der Waals surface area contributed by atoms with Gasteiger partial charge >= 0.3 is 6.09 Å². The van der Waals surface area contributed by atoms with Crippen LogP contribution in [0.4, 0.5) is 4.79 Å². The van der Waals surface area contributed by atoms with Crippen LogP contribution in [0.15, 0.2) is 42.5 Å². The summed E-state index contributed by atoms with van der Waals surface area (Å²) in [5, 5.41) is 15.0. The van der Waals surface area contributed by atoms with Gasteiger partial charge in [0, 0.05) is 5.92 Å². The SMILES string of the molecule is CCC(NC(=O)OCc1ccccc1)C(=O)Cn1nnc(C2C=CCCC2)n1. The van der Waals surface area contributed by atoms with E-state index in [2.05, 4.69) is 32.9 Å². The molecule has 1 aliphatic carbocycles. The highest BCUT2D eigenvalue weighted by Crippen LogP contribution is 2.24. The molecule has 0 saturated heterocycles. The predicted octanol–water partition coefficient (Wildman–Crippen LogP) is 2.77. The van der Waals surface area contributed by atoms with Crippen molar-refractivity contribution in [1.82, 2.24) is 25.5 Å². The van der Waals surface area contributed by atoms with E-state index < -0.39 is 12.1 Å². The van der Waals surface area contributed by atoms with Crippen molar-refractivity contribution in [3.63, 3.8) is 0 Å². The number of nitrogens with one attached hydrogen (secondary N) is 1. The molecule has 148 valence electrons. The molecule has 2 aromatic rings. The van der Waals surface area contributed by atoms with Crippen LogP contribution in [0.3, 0.4) is 0 Å². The smallest absolute Gasteiger partial charge is 0.408 e. The number of rotatable bonds is 8. The number of nitrogens with zero attached hydrogens (tertiary/aromatic N) is 4. The molecule has 0 spiro atoms. The number of ketones is 1. The summed E-state index contributed by atoms with van der Waals surface area (Å²) >= 11 is 0. The Labute approximate surface area is 164 Å². The number of ether oxygens (including phenoxy) is 1. The second-order valence-corrected chi connectivity index (χ2v) is 6.78. The largest absolute Gasteiger partial charge is 0.445 e. The quantitative estimate of drug-likeness (QED) is 0.704. The molecule has 0 saturated carbocycles. The maximum Gasteiger partial charge on any atom is 0.408 e. The van der Waals surface area contributed by atoms with E-state index in [-0.39, 0.29) is 24.9 Å². The van der Waals surface area contributed by atoms with Crippen LogP contribution < -0.4 is 5.32 Å². The average molecular weight is 383 g/mol. The third kappa shape index (κ3) is 5.48. The average Bonchev–Trinajstić information content (AvgIpc) is 3.20. The first-order chi connectivity index (χ1) is 13.7. The number of benzene rings is 1. The van der Waals surface area contributed by atoms with Crippen LogP contribution in [-0.2, 0) is 22.7 Å². The molecule has 8 heteroatoms. The van der Waals surface area contributed by atoms with Crippen LogP contribution in [0.25, 0.3) is 0 Å². The molecule has 0 aliphatic heterocycles. The molecule has 3 rings (SSSR count). The molecule has 0 radical (unpaired) electrons. The van der Waals surface area contributed by atoms with Crippen LogP contribution in [0.1, 0.15) is 49.9 Å². The Morgan fingerprint density at radius 2 is 2.14 bits per heavy atom. The summed E-state index contributed by atoms with van der Waals surface area (Å²) in [6, 6.07) is 8.71. The molecule has 2 unspecified atom stereocenters. The van der Waals surface area contributed by atoms with Crippen LogP contribution in [0.2, 0.25) is 0 Å². The van der Waals surface area contributed by atoms with Gasteiger partial charge in [-0.1, -0.05) is 49.4 Å². The second-order valence-electron chi connectivity index (χ2n) is 6.78. The second kappa shape index (κ2) is 9.77. The van der Waals surface area contributed by atoms with Crippen molar-refractivity contribution in [2.24, 2.45) is 0 Å². The molecule has 0 bridgehead atoms. The summed E-state index contributed by atoms with van der Waals surface area (Å²) in [7, 11) is 0. The highest BCUT2D eigenvalue weighted by atomic mass is 16.5. The van der Waals surface area contributed by atoms with E-state index in [9.17, 15) is 9.59 Å². The lowest BCUT2D eigenvalue weighted by atomic mass is 9.96. The summed E-state index contributed by atoms with van der Waals surface area (Å²) in [6.45, 7) is 1.94. The minimum Gasteiger partial charge on any atom is -0.445 e. The Kier molecular flexibility index (Phi) is 6.89. The number of carbonyl (C=O) groups excluding carboxylic acids is 2. The van der Waals surface area contributed by atoms with Gasteiger partial charge < -0.3 is 10.1 Å². The zero-order chi connectivity index (χ0) is 19.8. The fourth-order valence-corrected chi connectivity index (χ4v) is 3.07. The molecule has 1 aromatic carbocycles. The molecule has 1 amide bonds. The van der Waals surface area contributed by atoms with Gasteiger partial charge in [0.25, 0.3) is 0 Å². The summed E-state index contributed by atoms with van der Waals surface area (Å²) < 4.78 is 5.18. The summed E-state index contributed by atoms with van der Waals surface area (Å²) in [6.07, 6.45) is 7.21. The highest BCUT2D eigenvalue weighted by Gasteiger charge is 2.22. The van der Waals surface area contributed by atoms with E-state index in [1.165, 1.54) is 4.80 Å². The lowest BCUT2D eigenvalue weighted by Crippen LogP contribution is -2.42. The molecular weight excluding hydrogens is 358 g/mol. The zero-order valence-electron chi connectivity index (χ0n) is 16.0. The van der Waals surface area contributed by atoms with Crippen molar-refractivity contribution >= 4 is 11.9 Å². The first-order valence-corrected chi connectivity index (χ1v) is 9.60. The maximum absolute atomic E-state index is 12.5. The molecule has 2 atom stereocenters.